The Bertz CT molecular complexity index is 1000. The van der Waals surface area contributed by atoms with Crippen molar-refractivity contribution in [3.63, 3.8) is 0 Å². The van der Waals surface area contributed by atoms with Gasteiger partial charge in [-0.15, -0.1) is 0 Å². The van der Waals surface area contributed by atoms with E-state index in [4.69, 9.17) is 4.74 Å². The van der Waals surface area contributed by atoms with Gasteiger partial charge in [-0.1, -0.05) is 12.1 Å². The molecule has 1 atom stereocenters. The van der Waals surface area contributed by atoms with Crippen LogP contribution < -0.4 is 15.5 Å². The van der Waals surface area contributed by atoms with Crippen LogP contribution in [0.3, 0.4) is 0 Å². The molecule has 0 radical (unpaired) electrons. The van der Waals surface area contributed by atoms with Gasteiger partial charge < -0.3 is 10.1 Å². The molecule has 6 heteroatoms. The third kappa shape index (κ3) is 5.04. The van der Waals surface area contributed by atoms with E-state index in [0.717, 1.165) is 22.6 Å². The number of nitrogens with zero attached hydrogens (tertiary/aromatic N) is 1. The van der Waals surface area contributed by atoms with E-state index in [2.05, 4.69) is 10.7 Å². The van der Waals surface area contributed by atoms with Gasteiger partial charge in [-0.3, -0.25) is 19.7 Å². The van der Waals surface area contributed by atoms with Gasteiger partial charge in [0.1, 0.15) is 5.75 Å². The molecule has 0 spiro atoms. The van der Waals surface area contributed by atoms with Crippen LogP contribution in [0.5, 0.6) is 5.75 Å². The number of aryl methyl sites for hydroxylation is 3. The molecule has 29 heavy (non-hydrogen) atoms. The van der Waals surface area contributed by atoms with Crippen molar-refractivity contribution in [1.82, 2.24) is 4.68 Å². The highest BCUT2D eigenvalue weighted by molar-refractivity contribution is 6.00. The normalized spacial score (nSPS) is 11.6. The molecule has 1 aromatic heterocycles. The first kappa shape index (κ1) is 20.2. The summed E-state index contributed by atoms with van der Waals surface area (Å²) < 4.78 is 7.45. The fourth-order valence-corrected chi connectivity index (χ4v) is 2.92. The fourth-order valence-electron chi connectivity index (χ4n) is 2.92. The second-order valence-electron chi connectivity index (χ2n) is 7.04. The van der Waals surface area contributed by atoms with Crippen molar-refractivity contribution in [1.29, 1.82) is 0 Å². The number of hydrogen-bond acceptors (Lipinski definition) is 3. The number of amides is 2. The molecule has 0 fully saturated rings. The van der Waals surface area contributed by atoms with Crippen molar-refractivity contribution < 1.29 is 14.3 Å². The number of rotatable bonds is 6. The van der Waals surface area contributed by atoms with E-state index in [1.54, 1.807) is 35.9 Å². The molecule has 1 heterocycles. The largest absolute Gasteiger partial charge is 0.481 e. The van der Waals surface area contributed by atoms with E-state index in [-0.39, 0.29) is 11.8 Å². The standard InChI is InChI=1S/C23H25N3O3/c1-15-6-5-7-20(14-15)24-22(27)18(4)29-21-12-10-19(11-13-21)23(28)25-26-16(2)8-9-17(26)3/h5-14,18H,1-4H3,(H,24,27)(H,25,28)/t18-/m1/s1. The highest BCUT2D eigenvalue weighted by Crippen LogP contribution is 2.16. The molecule has 2 amide bonds. The predicted molar refractivity (Wildman–Crippen MR) is 114 cm³/mol. The van der Waals surface area contributed by atoms with E-state index >= 15 is 0 Å². The molecule has 2 N–H and O–H groups in total. The average Bonchev–Trinajstić information content (AvgIpc) is 3.00. The van der Waals surface area contributed by atoms with Crippen molar-refractivity contribution in [2.75, 3.05) is 10.7 Å². The number of nitrogens with one attached hydrogen (secondary N) is 2. The summed E-state index contributed by atoms with van der Waals surface area (Å²) in [4.78, 5) is 24.8. The highest BCUT2D eigenvalue weighted by Gasteiger charge is 2.15. The van der Waals surface area contributed by atoms with E-state index < -0.39 is 6.10 Å². The molecule has 0 aliphatic heterocycles. The van der Waals surface area contributed by atoms with Crippen LogP contribution >= 0.6 is 0 Å². The molecule has 0 aliphatic rings. The summed E-state index contributed by atoms with van der Waals surface area (Å²) in [5.74, 6) is 0.0573. The lowest BCUT2D eigenvalue weighted by Crippen LogP contribution is -2.30. The highest BCUT2D eigenvalue weighted by atomic mass is 16.5. The lowest BCUT2D eigenvalue weighted by Gasteiger charge is -2.15. The van der Waals surface area contributed by atoms with E-state index in [0.29, 0.717) is 11.3 Å². The Morgan fingerprint density at radius 1 is 0.931 bits per heavy atom. The second kappa shape index (κ2) is 8.65. The Morgan fingerprint density at radius 2 is 1.59 bits per heavy atom. The molecule has 150 valence electrons. The van der Waals surface area contributed by atoms with E-state index in [1.807, 2.05) is 57.2 Å². The van der Waals surface area contributed by atoms with Gasteiger partial charge in [0, 0.05) is 22.6 Å². The van der Waals surface area contributed by atoms with Gasteiger partial charge in [-0.25, -0.2) is 0 Å². The summed E-state index contributed by atoms with van der Waals surface area (Å²) >= 11 is 0. The monoisotopic (exact) mass is 391 g/mol. The molecule has 0 aliphatic carbocycles. The maximum atomic E-state index is 12.5. The SMILES string of the molecule is Cc1cccc(NC(=O)[C@@H](C)Oc2ccc(C(=O)Nn3c(C)ccc3C)cc2)c1. The molecule has 3 aromatic rings. The van der Waals surface area contributed by atoms with E-state index in [9.17, 15) is 9.59 Å². The lowest BCUT2D eigenvalue weighted by atomic mass is 10.2. The van der Waals surface area contributed by atoms with Crippen LogP contribution in [0.15, 0.2) is 60.7 Å². The zero-order valence-electron chi connectivity index (χ0n) is 17.0. The second-order valence-corrected chi connectivity index (χ2v) is 7.04. The van der Waals surface area contributed by atoms with Crippen LogP contribution in [-0.2, 0) is 4.79 Å². The lowest BCUT2D eigenvalue weighted by molar-refractivity contribution is -0.122. The number of benzene rings is 2. The van der Waals surface area contributed by atoms with Gasteiger partial charge in [-0.05, 0) is 81.8 Å². The Hall–Kier alpha value is -3.54. The predicted octanol–water partition coefficient (Wildman–Crippen LogP) is 4.20. The minimum Gasteiger partial charge on any atom is -0.481 e. The van der Waals surface area contributed by atoms with Crippen molar-refractivity contribution in [2.45, 2.75) is 33.8 Å². The Kier molecular flexibility index (Phi) is 6.02. The van der Waals surface area contributed by atoms with Gasteiger partial charge in [-0.2, -0.15) is 0 Å². The molecule has 6 nitrogen and oxygen atoms in total. The van der Waals surface area contributed by atoms with Crippen LogP contribution in [0.2, 0.25) is 0 Å². The van der Waals surface area contributed by atoms with Crippen LogP contribution in [0, 0.1) is 20.8 Å². The third-order valence-corrected chi connectivity index (χ3v) is 4.57. The van der Waals surface area contributed by atoms with Gasteiger partial charge in [0.2, 0.25) is 0 Å². The fraction of sp³-hybridized carbons (Fsp3) is 0.217. The van der Waals surface area contributed by atoms with Crippen molar-refractivity contribution in [3.8, 4) is 5.75 Å². The minimum absolute atomic E-state index is 0.218. The molecule has 0 unspecified atom stereocenters. The maximum Gasteiger partial charge on any atom is 0.270 e. The van der Waals surface area contributed by atoms with Gasteiger partial charge in [0.05, 0.1) is 0 Å². The molecular weight excluding hydrogens is 366 g/mol. The summed E-state index contributed by atoms with van der Waals surface area (Å²) in [5.41, 5.74) is 7.05. The molecule has 3 rings (SSSR count). The van der Waals surface area contributed by atoms with E-state index in [1.165, 1.54) is 0 Å². The third-order valence-electron chi connectivity index (χ3n) is 4.57. The average molecular weight is 391 g/mol. The van der Waals surface area contributed by atoms with Gasteiger partial charge >= 0.3 is 0 Å². The van der Waals surface area contributed by atoms with Crippen LogP contribution in [0.1, 0.15) is 34.2 Å². The number of aromatic nitrogens is 1. The van der Waals surface area contributed by atoms with Gasteiger partial charge in [0.25, 0.3) is 11.8 Å². The summed E-state index contributed by atoms with van der Waals surface area (Å²) in [7, 11) is 0. The van der Waals surface area contributed by atoms with Crippen LogP contribution in [0.4, 0.5) is 5.69 Å². The molecule has 0 saturated heterocycles. The summed E-state index contributed by atoms with van der Waals surface area (Å²) in [6, 6.07) is 18.2. The number of carbonyl (C=O) groups excluding carboxylic acids is 2. The molecule has 2 aromatic carbocycles. The van der Waals surface area contributed by atoms with Crippen molar-refractivity contribution in [3.05, 3.63) is 83.2 Å². The minimum atomic E-state index is -0.680. The Morgan fingerprint density at radius 3 is 2.21 bits per heavy atom. The van der Waals surface area contributed by atoms with Crippen LogP contribution in [0.25, 0.3) is 0 Å². The summed E-state index contributed by atoms with van der Waals surface area (Å²) in [6.45, 7) is 7.50. The summed E-state index contributed by atoms with van der Waals surface area (Å²) in [6.07, 6.45) is -0.680. The first-order chi connectivity index (χ1) is 13.8. The number of carbonyl (C=O) groups is 2. The van der Waals surface area contributed by atoms with Crippen molar-refractivity contribution in [2.24, 2.45) is 0 Å². The smallest absolute Gasteiger partial charge is 0.270 e. The molecular formula is C23H25N3O3. The molecule has 0 saturated carbocycles. The van der Waals surface area contributed by atoms with Crippen LogP contribution in [-0.4, -0.2) is 22.6 Å². The Balaban J connectivity index is 1.59. The topological polar surface area (TPSA) is 72.4 Å². The first-order valence-electron chi connectivity index (χ1n) is 9.44. The van der Waals surface area contributed by atoms with Crippen molar-refractivity contribution >= 4 is 17.5 Å². The Labute approximate surface area is 170 Å². The molecule has 0 bridgehead atoms. The summed E-state index contributed by atoms with van der Waals surface area (Å²) in [5, 5.41) is 2.84. The number of hydrogen-bond donors (Lipinski definition) is 2. The quantitative estimate of drug-likeness (QED) is 0.661. The van der Waals surface area contributed by atoms with Gasteiger partial charge in [0.15, 0.2) is 6.10 Å². The maximum absolute atomic E-state index is 12.5. The zero-order chi connectivity index (χ0) is 21.0. The zero-order valence-corrected chi connectivity index (χ0v) is 17.0. The number of ether oxygens (including phenoxy) is 1. The number of anilines is 1. The first-order valence-corrected chi connectivity index (χ1v) is 9.44.